The second-order valence-corrected chi connectivity index (χ2v) is 10.4. The molecule has 0 amide bonds. The second-order valence-electron chi connectivity index (χ2n) is 10.0. The molecule has 0 aliphatic heterocycles. The highest BCUT2D eigenvalue weighted by molar-refractivity contribution is 6.34. The molecule has 0 bridgehead atoms. The number of carbonyl (C=O) groups is 1. The Bertz CT molecular complexity index is 1680. The quantitative estimate of drug-likeness (QED) is 0.215. The van der Waals surface area contributed by atoms with E-state index in [1.165, 1.54) is 17.7 Å². The fraction of sp³-hybridized carbons (Fsp3) is 0.281. The SMILES string of the molecule is COc1cccc(-c2c(C)n(Cc3c(C)cccc3F)c(=O)n(C[C@H](NCCCC(=O)O)c3ccccc3)c2=O)c1Cl. The lowest BCUT2D eigenvalue weighted by Crippen LogP contribution is -2.45. The summed E-state index contributed by atoms with van der Waals surface area (Å²) in [5.41, 5.74) is 1.59. The Hall–Kier alpha value is -4.21. The first-order valence-electron chi connectivity index (χ1n) is 13.5. The van der Waals surface area contributed by atoms with E-state index >= 15 is 0 Å². The van der Waals surface area contributed by atoms with Gasteiger partial charge in [-0.1, -0.05) is 66.2 Å². The van der Waals surface area contributed by atoms with E-state index in [9.17, 15) is 18.8 Å². The summed E-state index contributed by atoms with van der Waals surface area (Å²) >= 11 is 6.67. The number of benzene rings is 3. The van der Waals surface area contributed by atoms with E-state index in [2.05, 4.69) is 5.32 Å². The minimum atomic E-state index is -0.908. The van der Waals surface area contributed by atoms with Crippen molar-refractivity contribution in [2.45, 2.75) is 45.8 Å². The van der Waals surface area contributed by atoms with Gasteiger partial charge in [0.05, 0.1) is 36.8 Å². The van der Waals surface area contributed by atoms with Crippen LogP contribution in [-0.2, 0) is 17.9 Å². The normalized spacial score (nSPS) is 11.8. The van der Waals surface area contributed by atoms with Gasteiger partial charge in [0.25, 0.3) is 5.56 Å². The van der Waals surface area contributed by atoms with Crippen LogP contribution in [0.5, 0.6) is 5.75 Å². The van der Waals surface area contributed by atoms with Crippen LogP contribution >= 0.6 is 11.6 Å². The zero-order valence-corrected chi connectivity index (χ0v) is 24.5. The molecule has 4 rings (SSSR count). The van der Waals surface area contributed by atoms with Gasteiger partial charge < -0.3 is 15.2 Å². The highest BCUT2D eigenvalue weighted by Crippen LogP contribution is 2.35. The van der Waals surface area contributed by atoms with Gasteiger partial charge in [0.1, 0.15) is 11.6 Å². The molecule has 0 saturated heterocycles. The van der Waals surface area contributed by atoms with E-state index in [0.717, 1.165) is 10.1 Å². The molecular formula is C32H33ClFN3O5. The second kappa shape index (κ2) is 13.6. The van der Waals surface area contributed by atoms with E-state index in [-0.39, 0.29) is 30.1 Å². The van der Waals surface area contributed by atoms with Crippen molar-refractivity contribution in [3.8, 4) is 16.9 Å². The number of aromatic nitrogens is 2. The lowest BCUT2D eigenvalue weighted by Gasteiger charge is -2.23. The number of carboxylic acid groups (broad SMARTS) is 1. The lowest BCUT2D eigenvalue weighted by atomic mass is 10.0. The summed E-state index contributed by atoms with van der Waals surface area (Å²) < 4.78 is 22.9. The molecule has 220 valence electrons. The Kier molecular flexibility index (Phi) is 9.98. The van der Waals surface area contributed by atoms with Crippen LogP contribution < -0.4 is 21.3 Å². The molecule has 0 radical (unpaired) electrons. The minimum Gasteiger partial charge on any atom is -0.495 e. The number of aryl methyl sites for hydroxylation is 1. The largest absolute Gasteiger partial charge is 0.495 e. The standard InChI is InChI=1S/C32H33ClFN3O5/c1-20-10-7-14-25(34)24(20)18-36-21(2)29(23-13-8-15-27(42-3)30(23)33)31(40)37(32(36)41)19-26(22-11-5-4-6-12-22)35-17-9-16-28(38)39/h4-8,10-15,26,35H,9,16-19H2,1-3H3,(H,38,39)/t26-/m0/s1. The summed E-state index contributed by atoms with van der Waals surface area (Å²) in [5.74, 6) is -0.999. The average molecular weight is 594 g/mol. The first-order chi connectivity index (χ1) is 20.1. The molecule has 3 aromatic carbocycles. The minimum absolute atomic E-state index is 0.0216. The van der Waals surface area contributed by atoms with Crippen molar-refractivity contribution in [1.29, 1.82) is 0 Å². The zero-order chi connectivity index (χ0) is 30.4. The topological polar surface area (TPSA) is 103 Å². The van der Waals surface area contributed by atoms with E-state index < -0.39 is 29.1 Å². The zero-order valence-electron chi connectivity index (χ0n) is 23.7. The summed E-state index contributed by atoms with van der Waals surface area (Å²) in [7, 11) is 1.47. The van der Waals surface area contributed by atoms with Crippen LogP contribution in [0, 0.1) is 19.7 Å². The van der Waals surface area contributed by atoms with Gasteiger partial charge in [0.15, 0.2) is 0 Å². The average Bonchev–Trinajstić information content (AvgIpc) is 2.97. The number of rotatable bonds is 12. The highest BCUT2D eigenvalue weighted by atomic mass is 35.5. The molecule has 1 heterocycles. The van der Waals surface area contributed by atoms with E-state index in [0.29, 0.717) is 41.1 Å². The van der Waals surface area contributed by atoms with E-state index in [1.807, 2.05) is 30.3 Å². The van der Waals surface area contributed by atoms with Crippen molar-refractivity contribution in [3.05, 3.63) is 121 Å². The molecule has 0 fully saturated rings. The number of aliphatic carboxylic acids is 1. The predicted molar refractivity (Wildman–Crippen MR) is 161 cm³/mol. The van der Waals surface area contributed by atoms with Crippen molar-refractivity contribution in [2.24, 2.45) is 0 Å². The van der Waals surface area contributed by atoms with Crippen molar-refractivity contribution in [1.82, 2.24) is 14.5 Å². The van der Waals surface area contributed by atoms with Crippen LogP contribution in [0.15, 0.2) is 76.3 Å². The van der Waals surface area contributed by atoms with Gasteiger partial charge in [-0.3, -0.25) is 18.7 Å². The summed E-state index contributed by atoms with van der Waals surface area (Å²) in [6.45, 7) is 3.61. The van der Waals surface area contributed by atoms with Crippen LogP contribution in [0.4, 0.5) is 4.39 Å². The number of hydrogen-bond acceptors (Lipinski definition) is 5. The smallest absolute Gasteiger partial charge is 0.331 e. The van der Waals surface area contributed by atoms with Gasteiger partial charge in [-0.25, -0.2) is 9.18 Å². The number of ether oxygens (including phenoxy) is 1. The molecule has 0 spiro atoms. The van der Waals surface area contributed by atoms with E-state index in [1.54, 1.807) is 44.2 Å². The number of methoxy groups -OCH3 is 1. The molecule has 4 aromatic rings. The number of halogens is 2. The number of hydrogen-bond donors (Lipinski definition) is 2. The molecular weight excluding hydrogens is 561 g/mol. The molecule has 1 atom stereocenters. The van der Waals surface area contributed by atoms with Crippen LogP contribution in [0.25, 0.3) is 11.1 Å². The van der Waals surface area contributed by atoms with Gasteiger partial charge in [-0.15, -0.1) is 0 Å². The number of carboxylic acids is 1. The highest BCUT2D eigenvalue weighted by Gasteiger charge is 2.24. The third kappa shape index (κ3) is 6.64. The third-order valence-corrected chi connectivity index (χ3v) is 7.72. The lowest BCUT2D eigenvalue weighted by molar-refractivity contribution is -0.137. The molecule has 2 N–H and O–H groups in total. The molecule has 10 heteroatoms. The molecule has 1 aromatic heterocycles. The van der Waals surface area contributed by atoms with Crippen molar-refractivity contribution in [2.75, 3.05) is 13.7 Å². The van der Waals surface area contributed by atoms with Crippen molar-refractivity contribution >= 4 is 17.6 Å². The first kappa shape index (κ1) is 30.7. The Balaban J connectivity index is 1.91. The molecule has 0 saturated carbocycles. The molecule has 0 aliphatic rings. The van der Waals surface area contributed by atoms with Gasteiger partial charge in [-0.05, 0) is 50.1 Å². The maximum Gasteiger partial charge on any atom is 0.331 e. The number of nitrogens with zero attached hydrogens (tertiary/aromatic N) is 2. The Morgan fingerprint density at radius 2 is 1.74 bits per heavy atom. The monoisotopic (exact) mass is 593 g/mol. The van der Waals surface area contributed by atoms with Gasteiger partial charge >= 0.3 is 11.7 Å². The fourth-order valence-electron chi connectivity index (χ4n) is 5.02. The Morgan fingerprint density at radius 1 is 1.02 bits per heavy atom. The first-order valence-corrected chi connectivity index (χ1v) is 13.9. The van der Waals surface area contributed by atoms with Crippen LogP contribution in [0.2, 0.25) is 5.02 Å². The molecule has 0 unspecified atom stereocenters. The Morgan fingerprint density at radius 3 is 2.40 bits per heavy atom. The summed E-state index contributed by atoms with van der Waals surface area (Å²) in [6, 6.07) is 18.6. The van der Waals surface area contributed by atoms with Crippen molar-refractivity contribution in [3.63, 3.8) is 0 Å². The maximum atomic E-state index is 15.0. The molecule has 42 heavy (non-hydrogen) atoms. The van der Waals surface area contributed by atoms with Crippen LogP contribution in [-0.4, -0.2) is 33.9 Å². The predicted octanol–water partition coefficient (Wildman–Crippen LogP) is 5.34. The van der Waals surface area contributed by atoms with E-state index in [4.69, 9.17) is 21.4 Å². The molecule has 0 aliphatic carbocycles. The van der Waals surface area contributed by atoms with Crippen LogP contribution in [0.1, 0.15) is 41.3 Å². The fourth-order valence-corrected chi connectivity index (χ4v) is 5.31. The molecule has 8 nitrogen and oxygen atoms in total. The van der Waals surface area contributed by atoms with Gasteiger partial charge in [0, 0.05) is 23.2 Å². The summed E-state index contributed by atoms with van der Waals surface area (Å²) in [5, 5.41) is 12.6. The van der Waals surface area contributed by atoms with Crippen LogP contribution in [0.3, 0.4) is 0 Å². The summed E-state index contributed by atoms with van der Waals surface area (Å²) in [6.07, 6.45) is 0.342. The number of nitrogens with one attached hydrogen (secondary N) is 1. The van der Waals surface area contributed by atoms with Gasteiger partial charge in [-0.2, -0.15) is 0 Å². The summed E-state index contributed by atoms with van der Waals surface area (Å²) in [4.78, 5) is 39.3. The third-order valence-electron chi connectivity index (χ3n) is 7.33. The Labute approximate surface area is 248 Å². The maximum absolute atomic E-state index is 15.0. The van der Waals surface area contributed by atoms with Gasteiger partial charge in [0.2, 0.25) is 0 Å². The van der Waals surface area contributed by atoms with Crippen molar-refractivity contribution < 1.29 is 19.0 Å².